The maximum atomic E-state index is 14.7. The summed E-state index contributed by atoms with van der Waals surface area (Å²) in [5.41, 5.74) is 1.25. The molecule has 0 radical (unpaired) electrons. The minimum absolute atomic E-state index is 0.0541. The number of piperidine rings is 1. The molecular weight excluding hydrogens is 658 g/mol. The third-order valence-electron chi connectivity index (χ3n) is 9.85. The average Bonchev–Trinajstić information content (AvgIpc) is 3.42. The number of halogens is 4. The molecule has 6 rings (SSSR count). The largest absolute Gasteiger partial charge is 0.477 e. The molecule has 3 fully saturated rings. The number of ether oxygens (including phenoxy) is 2. The Kier molecular flexibility index (Phi) is 10.5. The summed E-state index contributed by atoms with van der Waals surface area (Å²) in [5.74, 6) is 4.37. The van der Waals surface area contributed by atoms with Crippen LogP contribution in [0, 0.1) is 34.4 Å². The van der Waals surface area contributed by atoms with Crippen LogP contribution in [-0.4, -0.2) is 75.6 Å². The standard InChI is InChI=1S/C36H39F4N5O3S/c1-42-34(46)26-18-31(48-17-13-41)30(19-28(26)37)43-14-3-6-32-27(20-36(38,39)40)25-4-2-5-29(33(25)49-32)44-23-7-9-24(10-8-23)45-15-11-35(12-16-45)21-47-22-35/h2,4-5,18-19,23-24,43-44H,7-12,14-17,20-22H2,1H3,(H,42,46). The van der Waals surface area contributed by atoms with E-state index < -0.39 is 24.3 Å². The molecule has 0 unspecified atom stereocenters. The van der Waals surface area contributed by atoms with Crippen LogP contribution in [0.1, 0.15) is 59.3 Å². The van der Waals surface area contributed by atoms with Crippen molar-refractivity contribution in [3.05, 3.63) is 52.2 Å². The molecule has 1 saturated carbocycles. The Morgan fingerprint density at radius 2 is 1.90 bits per heavy atom. The van der Waals surface area contributed by atoms with E-state index in [4.69, 9.17) is 14.7 Å². The first-order valence-corrected chi connectivity index (χ1v) is 17.4. The molecule has 3 heterocycles. The number of benzene rings is 2. The molecule has 49 heavy (non-hydrogen) atoms. The minimum atomic E-state index is -4.43. The van der Waals surface area contributed by atoms with Crippen LogP contribution in [0.25, 0.3) is 10.1 Å². The van der Waals surface area contributed by atoms with Gasteiger partial charge in [-0.25, -0.2) is 4.39 Å². The zero-order chi connectivity index (χ0) is 34.6. The number of likely N-dealkylation sites (tertiary alicyclic amines) is 1. The molecule has 0 bridgehead atoms. The lowest BCUT2D eigenvalue weighted by molar-refractivity contribution is -0.143. The molecule has 1 amide bonds. The van der Waals surface area contributed by atoms with E-state index in [1.54, 1.807) is 12.1 Å². The van der Waals surface area contributed by atoms with Crippen LogP contribution in [0.4, 0.5) is 28.9 Å². The van der Waals surface area contributed by atoms with Gasteiger partial charge in [0.2, 0.25) is 0 Å². The number of carbonyl (C=O) groups is 1. The molecule has 3 N–H and O–H groups in total. The Morgan fingerprint density at radius 3 is 2.55 bits per heavy atom. The second-order valence-electron chi connectivity index (χ2n) is 13.1. The van der Waals surface area contributed by atoms with Gasteiger partial charge in [-0.1, -0.05) is 24.0 Å². The van der Waals surface area contributed by atoms with Gasteiger partial charge in [-0.05, 0) is 74.7 Å². The smallest absolute Gasteiger partial charge is 0.393 e. The number of nitrogens with zero attached hydrogens (tertiary/aromatic N) is 2. The molecule has 3 aromatic rings. The van der Waals surface area contributed by atoms with Gasteiger partial charge >= 0.3 is 6.18 Å². The summed E-state index contributed by atoms with van der Waals surface area (Å²) in [6.07, 6.45) is 1.04. The molecule has 2 aromatic carbocycles. The molecule has 1 spiro atoms. The van der Waals surface area contributed by atoms with Gasteiger partial charge in [0.1, 0.15) is 17.6 Å². The van der Waals surface area contributed by atoms with E-state index in [1.165, 1.54) is 37.3 Å². The molecule has 0 atom stereocenters. The second-order valence-corrected chi connectivity index (χ2v) is 14.1. The molecular formula is C36H39F4N5O3S. The number of rotatable bonds is 9. The van der Waals surface area contributed by atoms with Crippen LogP contribution in [0.5, 0.6) is 5.75 Å². The lowest BCUT2D eigenvalue weighted by Crippen LogP contribution is -2.53. The summed E-state index contributed by atoms with van der Waals surface area (Å²) in [5, 5.41) is 18.4. The summed E-state index contributed by atoms with van der Waals surface area (Å²) in [6, 6.07) is 10.3. The number of amides is 1. The van der Waals surface area contributed by atoms with Crippen LogP contribution in [-0.2, 0) is 11.2 Å². The molecule has 1 aromatic heterocycles. The number of nitriles is 1. The molecule has 260 valence electrons. The van der Waals surface area contributed by atoms with Crippen molar-refractivity contribution in [3.8, 4) is 23.7 Å². The predicted octanol–water partition coefficient (Wildman–Crippen LogP) is 6.71. The topological polar surface area (TPSA) is 98.6 Å². The van der Waals surface area contributed by atoms with Crippen molar-refractivity contribution in [2.45, 2.75) is 63.2 Å². The predicted molar refractivity (Wildman–Crippen MR) is 182 cm³/mol. The monoisotopic (exact) mass is 697 g/mol. The van der Waals surface area contributed by atoms with Crippen molar-refractivity contribution in [2.24, 2.45) is 5.41 Å². The Hall–Kier alpha value is -4.04. The van der Waals surface area contributed by atoms with E-state index in [1.807, 2.05) is 12.1 Å². The fraction of sp³-hybridized carbons (Fsp3) is 0.500. The maximum absolute atomic E-state index is 14.7. The summed E-state index contributed by atoms with van der Waals surface area (Å²) >= 11 is 1.23. The molecule has 13 heteroatoms. The number of hydrogen-bond donors (Lipinski definition) is 3. The number of thiophene rings is 1. The minimum Gasteiger partial charge on any atom is -0.477 e. The Bertz CT molecular complexity index is 1770. The van der Waals surface area contributed by atoms with Crippen LogP contribution in [0.2, 0.25) is 0 Å². The highest BCUT2D eigenvalue weighted by Gasteiger charge is 2.42. The summed E-state index contributed by atoms with van der Waals surface area (Å²) in [7, 11) is 1.36. The number of fused-ring (bicyclic) bond motifs is 1. The average molecular weight is 698 g/mol. The van der Waals surface area contributed by atoms with Gasteiger partial charge in [-0.2, -0.15) is 18.4 Å². The van der Waals surface area contributed by atoms with E-state index in [0.29, 0.717) is 21.7 Å². The quantitative estimate of drug-likeness (QED) is 0.169. The third-order valence-corrected chi connectivity index (χ3v) is 11.0. The second kappa shape index (κ2) is 14.8. The molecule has 1 aliphatic carbocycles. The van der Waals surface area contributed by atoms with Crippen LogP contribution < -0.4 is 20.7 Å². The zero-order valence-electron chi connectivity index (χ0n) is 27.3. The van der Waals surface area contributed by atoms with Crippen molar-refractivity contribution >= 4 is 38.7 Å². The highest BCUT2D eigenvalue weighted by molar-refractivity contribution is 7.20. The first-order chi connectivity index (χ1) is 23.6. The fourth-order valence-electron chi connectivity index (χ4n) is 7.10. The number of nitrogens with one attached hydrogen (secondary N) is 3. The first-order valence-electron chi connectivity index (χ1n) is 16.6. The van der Waals surface area contributed by atoms with E-state index in [0.717, 1.165) is 68.4 Å². The number of hydrogen-bond acceptors (Lipinski definition) is 8. The van der Waals surface area contributed by atoms with Crippen molar-refractivity contribution in [1.82, 2.24) is 10.2 Å². The summed E-state index contributed by atoms with van der Waals surface area (Å²) in [6.45, 7) is 3.66. The molecule has 8 nitrogen and oxygen atoms in total. The number of anilines is 2. The Balaban J connectivity index is 1.16. The highest BCUT2D eigenvalue weighted by Crippen LogP contribution is 2.42. The van der Waals surface area contributed by atoms with Crippen molar-refractivity contribution in [3.63, 3.8) is 0 Å². The van der Waals surface area contributed by atoms with E-state index in [-0.39, 0.29) is 41.8 Å². The van der Waals surface area contributed by atoms with Gasteiger partial charge in [0.15, 0.2) is 6.61 Å². The summed E-state index contributed by atoms with van der Waals surface area (Å²) in [4.78, 5) is 15.0. The van der Waals surface area contributed by atoms with Crippen LogP contribution in [0.15, 0.2) is 30.3 Å². The molecule has 2 saturated heterocycles. The normalized spacial score (nSPS) is 20.5. The number of alkyl halides is 3. The van der Waals surface area contributed by atoms with Crippen LogP contribution >= 0.6 is 11.3 Å². The fourth-order valence-corrected chi connectivity index (χ4v) is 8.27. The van der Waals surface area contributed by atoms with Crippen molar-refractivity contribution < 1.29 is 31.8 Å². The Morgan fingerprint density at radius 1 is 1.14 bits per heavy atom. The Labute approximate surface area is 287 Å². The summed E-state index contributed by atoms with van der Waals surface area (Å²) < 4.78 is 67.6. The van der Waals surface area contributed by atoms with E-state index >= 15 is 0 Å². The van der Waals surface area contributed by atoms with Gasteiger partial charge in [-0.3, -0.25) is 4.79 Å². The zero-order valence-corrected chi connectivity index (χ0v) is 28.1. The van der Waals surface area contributed by atoms with Gasteiger partial charge in [0.05, 0.1) is 52.7 Å². The molecule has 3 aliphatic rings. The SMILES string of the molecule is CNC(=O)c1cc(OCC#N)c(NCC#Cc2sc3c(NC4CCC(N5CCC6(CC5)COC6)CC4)cccc3c2CC(F)(F)F)cc1F. The lowest BCUT2D eigenvalue weighted by Gasteiger charge is -2.49. The first kappa shape index (κ1) is 34.8. The van der Waals surface area contributed by atoms with Crippen molar-refractivity contribution in [1.29, 1.82) is 5.26 Å². The third kappa shape index (κ3) is 8.07. The van der Waals surface area contributed by atoms with Crippen LogP contribution in [0.3, 0.4) is 0 Å². The van der Waals surface area contributed by atoms with Gasteiger partial charge in [0, 0.05) is 30.6 Å². The van der Waals surface area contributed by atoms with Gasteiger partial charge in [0.25, 0.3) is 5.91 Å². The highest BCUT2D eigenvalue weighted by atomic mass is 32.1. The molecule has 2 aliphatic heterocycles. The number of carbonyl (C=O) groups excluding carboxylic acids is 1. The lowest BCUT2D eigenvalue weighted by atomic mass is 9.76. The van der Waals surface area contributed by atoms with E-state index in [9.17, 15) is 22.4 Å². The van der Waals surface area contributed by atoms with Crippen molar-refractivity contribution in [2.75, 3.05) is 57.1 Å². The maximum Gasteiger partial charge on any atom is 0.393 e. The van der Waals surface area contributed by atoms with Gasteiger partial charge in [-0.15, -0.1) is 11.3 Å². The van der Waals surface area contributed by atoms with E-state index in [2.05, 4.69) is 32.7 Å². The van der Waals surface area contributed by atoms with Gasteiger partial charge < -0.3 is 30.3 Å².